The minimum Gasteiger partial charge on any atom is -0.349 e. The minimum absolute atomic E-state index is 0.0444. The fraction of sp³-hybridized carbons (Fsp3) is 0.176. The minimum atomic E-state index is -0.502. The van der Waals surface area contributed by atoms with Gasteiger partial charge in [0.15, 0.2) is 0 Å². The van der Waals surface area contributed by atoms with Gasteiger partial charge in [-0.25, -0.2) is 4.39 Å². The Labute approximate surface area is 137 Å². The first kappa shape index (κ1) is 15.5. The van der Waals surface area contributed by atoms with Gasteiger partial charge in [-0.15, -0.1) is 0 Å². The van der Waals surface area contributed by atoms with Crippen LogP contribution in [0.3, 0.4) is 0 Å². The molecule has 1 aliphatic rings. The van der Waals surface area contributed by atoms with E-state index in [9.17, 15) is 14.0 Å². The largest absolute Gasteiger partial charge is 0.349 e. The Balaban J connectivity index is 1.67. The average Bonchev–Trinajstić information content (AvgIpc) is 3.31. The monoisotopic (exact) mass is 332 g/mol. The standard InChI is InChI=1S/C17H14ClFN2O2/c18-15-9-11(19)3-8-14(15)17(23)21-12-4-1-10(2-5-12)16(22)20-13-6-7-13/h1-5,8-9,13H,6-7H2,(H,20,22)(H,21,23). The van der Waals surface area contributed by atoms with Gasteiger partial charge in [0, 0.05) is 17.3 Å². The van der Waals surface area contributed by atoms with Crippen LogP contribution < -0.4 is 10.6 Å². The molecule has 0 bridgehead atoms. The van der Waals surface area contributed by atoms with Crippen LogP contribution >= 0.6 is 11.6 Å². The van der Waals surface area contributed by atoms with Crippen molar-refractivity contribution in [2.24, 2.45) is 0 Å². The molecule has 1 fully saturated rings. The maximum Gasteiger partial charge on any atom is 0.257 e. The van der Waals surface area contributed by atoms with Crippen molar-refractivity contribution in [3.63, 3.8) is 0 Å². The maximum absolute atomic E-state index is 13.0. The first-order chi connectivity index (χ1) is 11.0. The summed E-state index contributed by atoms with van der Waals surface area (Å²) in [4.78, 5) is 24.0. The summed E-state index contributed by atoms with van der Waals surface area (Å²) < 4.78 is 13.0. The second kappa shape index (κ2) is 6.38. The number of hydrogen-bond donors (Lipinski definition) is 2. The molecule has 118 valence electrons. The zero-order chi connectivity index (χ0) is 16.4. The summed E-state index contributed by atoms with van der Waals surface area (Å²) in [7, 11) is 0. The van der Waals surface area contributed by atoms with E-state index in [4.69, 9.17) is 11.6 Å². The maximum atomic E-state index is 13.0. The Hall–Kier alpha value is -2.40. The number of carbonyl (C=O) groups excluding carboxylic acids is 2. The fourth-order valence-electron chi connectivity index (χ4n) is 2.07. The summed E-state index contributed by atoms with van der Waals surface area (Å²) in [6, 6.07) is 10.4. The van der Waals surface area contributed by atoms with Gasteiger partial charge < -0.3 is 10.6 Å². The van der Waals surface area contributed by atoms with E-state index in [2.05, 4.69) is 10.6 Å². The SMILES string of the molecule is O=C(NC1CC1)c1ccc(NC(=O)c2ccc(F)cc2Cl)cc1. The van der Waals surface area contributed by atoms with Gasteiger partial charge >= 0.3 is 0 Å². The van der Waals surface area contributed by atoms with Crippen molar-refractivity contribution >= 4 is 29.1 Å². The summed E-state index contributed by atoms with van der Waals surface area (Å²) >= 11 is 5.86. The normalized spacial score (nSPS) is 13.5. The van der Waals surface area contributed by atoms with Crippen LogP contribution in [0.1, 0.15) is 33.6 Å². The van der Waals surface area contributed by atoms with Crippen LogP contribution in [0.25, 0.3) is 0 Å². The van der Waals surface area contributed by atoms with Crippen molar-refractivity contribution in [3.05, 3.63) is 64.4 Å². The predicted molar refractivity (Wildman–Crippen MR) is 86.3 cm³/mol. The Morgan fingerprint density at radius 2 is 1.74 bits per heavy atom. The van der Waals surface area contributed by atoms with Gasteiger partial charge in [-0.05, 0) is 55.3 Å². The van der Waals surface area contributed by atoms with Gasteiger partial charge in [0.05, 0.1) is 10.6 Å². The van der Waals surface area contributed by atoms with E-state index in [0.29, 0.717) is 17.3 Å². The topological polar surface area (TPSA) is 58.2 Å². The van der Waals surface area contributed by atoms with Gasteiger partial charge in [-0.1, -0.05) is 11.6 Å². The highest BCUT2D eigenvalue weighted by Crippen LogP contribution is 2.21. The molecule has 0 spiro atoms. The molecule has 0 aliphatic heterocycles. The van der Waals surface area contributed by atoms with Crippen molar-refractivity contribution < 1.29 is 14.0 Å². The quantitative estimate of drug-likeness (QED) is 0.898. The van der Waals surface area contributed by atoms with Gasteiger partial charge in [-0.3, -0.25) is 9.59 Å². The molecule has 3 rings (SSSR count). The van der Waals surface area contributed by atoms with E-state index in [1.54, 1.807) is 24.3 Å². The number of anilines is 1. The molecule has 1 aliphatic carbocycles. The van der Waals surface area contributed by atoms with Crippen molar-refractivity contribution in [2.75, 3.05) is 5.32 Å². The van der Waals surface area contributed by atoms with Crippen LogP contribution in [0.15, 0.2) is 42.5 Å². The Morgan fingerprint density at radius 1 is 1.04 bits per heavy atom. The third-order valence-corrected chi connectivity index (χ3v) is 3.81. The van der Waals surface area contributed by atoms with Crippen LogP contribution in [0, 0.1) is 5.82 Å². The number of benzene rings is 2. The number of carbonyl (C=O) groups is 2. The molecule has 0 saturated heterocycles. The first-order valence-corrected chi connectivity index (χ1v) is 7.58. The highest BCUT2D eigenvalue weighted by atomic mass is 35.5. The zero-order valence-corrected chi connectivity index (χ0v) is 12.9. The van der Waals surface area contributed by atoms with Gasteiger partial charge in [-0.2, -0.15) is 0 Å². The predicted octanol–water partition coefficient (Wildman–Crippen LogP) is 3.62. The van der Waals surface area contributed by atoms with Crippen LogP contribution in [0.2, 0.25) is 5.02 Å². The molecule has 0 radical (unpaired) electrons. The van der Waals surface area contributed by atoms with E-state index < -0.39 is 11.7 Å². The number of amides is 2. The Morgan fingerprint density at radius 3 is 2.35 bits per heavy atom. The summed E-state index contributed by atoms with van der Waals surface area (Å²) in [6.07, 6.45) is 2.05. The summed E-state index contributed by atoms with van der Waals surface area (Å²) in [5.74, 6) is -1.06. The molecule has 2 aromatic rings. The second-order valence-electron chi connectivity index (χ2n) is 5.40. The lowest BCUT2D eigenvalue weighted by Gasteiger charge is -2.08. The lowest BCUT2D eigenvalue weighted by molar-refractivity contribution is 0.0950. The highest BCUT2D eigenvalue weighted by molar-refractivity contribution is 6.34. The van der Waals surface area contributed by atoms with E-state index in [1.165, 1.54) is 12.1 Å². The molecular weight excluding hydrogens is 319 g/mol. The van der Waals surface area contributed by atoms with Crippen molar-refractivity contribution in [1.82, 2.24) is 5.32 Å². The highest BCUT2D eigenvalue weighted by Gasteiger charge is 2.23. The Bertz CT molecular complexity index is 758. The molecule has 23 heavy (non-hydrogen) atoms. The van der Waals surface area contributed by atoms with E-state index >= 15 is 0 Å². The van der Waals surface area contributed by atoms with E-state index in [0.717, 1.165) is 18.9 Å². The van der Waals surface area contributed by atoms with Crippen molar-refractivity contribution in [1.29, 1.82) is 0 Å². The van der Waals surface area contributed by atoms with Crippen LogP contribution in [0.4, 0.5) is 10.1 Å². The third-order valence-electron chi connectivity index (χ3n) is 3.49. The molecule has 2 aromatic carbocycles. The average molecular weight is 333 g/mol. The molecular formula is C17H14ClFN2O2. The number of halogens is 2. The molecule has 1 saturated carbocycles. The number of nitrogens with one attached hydrogen (secondary N) is 2. The van der Waals surface area contributed by atoms with Crippen molar-refractivity contribution in [2.45, 2.75) is 18.9 Å². The first-order valence-electron chi connectivity index (χ1n) is 7.20. The molecule has 0 aromatic heterocycles. The fourth-order valence-corrected chi connectivity index (χ4v) is 2.33. The summed E-state index contributed by atoms with van der Waals surface area (Å²) in [6.45, 7) is 0. The van der Waals surface area contributed by atoms with E-state index in [-0.39, 0.29) is 16.5 Å². The number of rotatable bonds is 4. The van der Waals surface area contributed by atoms with Crippen LogP contribution in [-0.4, -0.2) is 17.9 Å². The lowest BCUT2D eigenvalue weighted by atomic mass is 10.1. The molecule has 0 atom stereocenters. The van der Waals surface area contributed by atoms with E-state index in [1.807, 2.05) is 0 Å². The molecule has 6 heteroatoms. The van der Waals surface area contributed by atoms with Crippen LogP contribution in [-0.2, 0) is 0 Å². The van der Waals surface area contributed by atoms with Crippen LogP contribution in [0.5, 0.6) is 0 Å². The molecule has 0 heterocycles. The number of hydrogen-bond acceptors (Lipinski definition) is 2. The molecule has 2 N–H and O–H groups in total. The van der Waals surface area contributed by atoms with Crippen molar-refractivity contribution in [3.8, 4) is 0 Å². The second-order valence-corrected chi connectivity index (χ2v) is 5.81. The molecule has 2 amide bonds. The molecule has 4 nitrogen and oxygen atoms in total. The Kier molecular flexibility index (Phi) is 4.30. The summed E-state index contributed by atoms with van der Waals surface area (Å²) in [5.41, 5.74) is 1.25. The van der Waals surface area contributed by atoms with Gasteiger partial charge in [0.2, 0.25) is 0 Å². The third kappa shape index (κ3) is 3.87. The smallest absolute Gasteiger partial charge is 0.257 e. The van der Waals surface area contributed by atoms with Gasteiger partial charge in [0.25, 0.3) is 11.8 Å². The molecule has 0 unspecified atom stereocenters. The van der Waals surface area contributed by atoms with Gasteiger partial charge in [0.1, 0.15) is 5.82 Å². The zero-order valence-electron chi connectivity index (χ0n) is 12.1. The summed E-state index contributed by atoms with van der Waals surface area (Å²) in [5, 5.41) is 5.59. The lowest BCUT2D eigenvalue weighted by Crippen LogP contribution is -2.25.